The Morgan fingerprint density at radius 1 is 1.26 bits per heavy atom. The van der Waals surface area contributed by atoms with E-state index in [1.54, 1.807) is 12.0 Å². The molecule has 3 rings (SSSR count). The molecule has 5 nitrogen and oxygen atoms in total. The topological polar surface area (TPSA) is 49.9 Å². The van der Waals surface area contributed by atoms with E-state index < -0.39 is 0 Å². The summed E-state index contributed by atoms with van der Waals surface area (Å²) in [5, 5.41) is 0. The Morgan fingerprint density at radius 3 is 2.78 bits per heavy atom. The molecule has 0 saturated carbocycles. The quantitative estimate of drug-likeness (QED) is 0.849. The number of likely N-dealkylation sites (tertiary alicyclic amines) is 2. The Balaban J connectivity index is 1.59. The second-order valence-corrected chi connectivity index (χ2v) is 6.45. The molecule has 0 aliphatic carbocycles. The van der Waals surface area contributed by atoms with Gasteiger partial charge in [-0.1, -0.05) is 30.3 Å². The van der Waals surface area contributed by atoms with Crippen LogP contribution in [0.5, 0.6) is 0 Å². The molecule has 0 radical (unpaired) electrons. The van der Waals surface area contributed by atoms with Crippen molar-refractivity contribution in [2.24, 2.45) is 5.92 Å². The highest BCUT2D eigenvalue weighted by molar-refractivity contribution is 5.89. The van der Waals surface area contributed by atoms with Crippen LogP contribution in [-0.2, 0) is 20.9 Å². The number of piperidine rings is 1. The SMILES string of the molecule is COC1CCCN(C(=O)C2CC(=O)N(Cc3ccccc3)C2)C1. The fraction of sp³-hybridized carbons (Fsp3) is 0.556. The largest absolute Gasteiger partial charge is 0.380 e. The molecule has 1 aromatic carbocycles. The van der Waals surface area contributed by atoms with Crippen molar-refractivity contribution in [3.63, 3.8) is 0 Å². The van der Waals surface area contributed by atoms with Gasteiger partial charge in [-0.15, -0.1) is 0 Å². The third kappa shape index (κ3) is 3.72. The smallest absolute Gasteiger partial charge is 0.228 e. The molecule has 124 valence electrons. The standard InChI is InChI=1S/C18H24N2O3/c1-23-16-8-5-9-19(13-16)18(22)15-10-17(21)20(12-15)11-14-6-3-2-4-7-14/h2-4,6-7,15-16H,5,8-13H2,1H3. The Bertz CT molecular complexity index is 561. The maximum Gasteiger partial charge on any atom is 0.228 e. The van der Waals surface area contributed by atoms with E-state index in [1.165, 1.54) is 0 Å². The van der Waals surface area contributed by atoms with Crippen molar-refractivity contribution in [3.8, 4) is 0 Å². The summed E-state index contributed by atoms with van der Waals surface area (Å²) in [6.45, 7) is 2.55. The molecule has 23 heavy (non-hydrogen) atoms. The first-order chi connectivity index (χ1) is 11.2. The van der Waals surface area contributed by atoms with Crippen LogP contribution in [0.4, 0.5) is 0 Å². The highest BCUT2D eigenvalue weighted by atomic mass is 16.5. The zero-order valence-electron chi connectivity index (χ0n) is 13.6. The Hall–Kier alpha value is -1.88. The van der Waals surface area contributed by atoms with Gasteiger partial charge in [-0.25, -0.2) is 0 Å². The first-order valence-corrected chi connectivity index (χ1v) is 8.30. The first-order valence-electron chi connectivity index (χ1n) is 8.30. The molecule has 2 unspecified atom stereocenters. The molecular formula is C18H24N2O3. The number of rotatable bonds is 4. The summed E-state index contributed by atoms with van der Waals surface area (Å²) < 4.78 is 5.38. The van der Waals surface area contributed by atoms with Crippen molar-refractivity contribution in [3.05, 3.63) is 35.9 Å². The minimum atomic E-state index is -0.207. The fourth-order valence-corrected chi connectivity index (χ4v) is 3.48. The van der Waals surface area contributed by atoms with Gasteiger partial charge in [0.25, 0.3) is 0 Å². The fourth-order valence-electron chi connectivity index (χ4n) is 3.48. The molecule has 2 fully saturated rings. The van der Waals surface area contributed by atoms with Gasteiger partial charge in [-0.05, 0) is 18.4 Å². The third-order valence-electron chi connectivity index (χ3n) is 4.80. The predicted molar refractivity (Wildman–Crippen MR) is 86.6 cm³/mol. The van der Waals surface area contributed by atoms with Crippen molar-refractivity contribution in [2.45, 2.75) is 31.9 Å². The molecule has 2 saturated heterocycles. The molecule has 2 aliphatic heterocycles. The average Bonchev–Trinajstić information content (AvgIpc) is 2.96. The Labute approximate surface area is 137 Å². The van der Waals surface area contributed by atoms with Crippen molar-refractivity contribution < 1.29 is 14.3 Å². The van der Waals surface area contributed by atoms with Gasteiger partial charge in [0.2, 0.25) is 11.8 Å². The summed E-state index contributed by atoms with van der Waals surface area (Å²) in [5.74, 6) is -0.0232. The zero-order valence-corrected chi connectivity index (χ0v) is 13.6. The summed E-state index contributed by atoms with van der Waals surface area (Å²) in [5.41, 5.74) is 1.10. The maximum absolute atomic E-state index is 12.7. The van der Waals surface area contributed by atoms with Crippen LogP contribution in [0.3, 0.4) is 0 Å². The van der Waals surface area contributed by atoms with E-state index in [2.05, 4.69) is 0 Å². The van der Waals surface area contributed by atoms with Gasteiger partial charge in [0.1, 0.15) is 0 Å². The van der Waals surface area contributed by atoms with Gasteiger partial charge in [-0.2, -0.15) is 0 Å². The van der Waals surface area contributed by atoms with Crippen LogP contribution in [-0.4, -0.2) is 54.5 Å². The first kappa shape index (κ1) is 16.0. The molecule has 2 heterocycles. The van der Waals surface area contributed by atoms with Crippen molar-refractivity contribution >= 4 is 11.8 Å². The van der Waals surface area contributed by atoms with Gasteiger partial charge in [-0.3, -0.25) is 9.59 Å². The number of carbonyl (C=O) groups excluding carboxylic acids is 2. The van der Waals surface area contributed by atoms with Crippen molar-refractivity contribution in [2.75, 3.05) is 26.7 Å². The number of carbonyl (C=O) groups is 2. The minimum Gasteiger partial charge on any atom is -0.380 e. The summed E-state index contributed by atoms with van der Waals surface area (Å²) in [7, 11) is 1.69. The molecule has 1 aromatic rings. The van der Waals surface area contributed by atoms with Gasteiger partial charge < -0.3 is 14.5 Å². The van der Waals surface area contributed by atoms with Crippen LogP contribution < -0.4 is 0 Å². The van der Waals surface area contributed by atoms with Crippen LogP contribution >= 0.6 is 0 Å². The van der Waals surface area contributed by atoms with Gasteiger partial charge >= 0.3 is 0 Å². The second kappa shape index (κ2) is 7.13. The molecule has 0 bridgehead atoms. The lowest BCUT2D eigenvalue weighted by Gasteiger charge is -2.33. The molecular weight excluding hydrogens is 292 g/mol. The van der Waals surface area contributed by atoms with E-state index >= 15 is 0 Å². The van der Waals surface area contributed by atoms with Gasteiger partial charge in [0, 0.05) is 39.7 Å². The third-order valence-corrected chi connectivity index (χ3v) is 4.80. The monoisotopic (exact) mass is 316 g/mol. The molecule has 0 spiro atoms. The van der Waals surface area contributed by atoms with E-state index in [1.807, 2.05) is 35.2 Å². The highest BCUT2D eigenvalue weighted by Crippen LogP contribution is 2.24. The number of methoxy groups -OCH3 is 1. The van der Waals surface area contributed by atoms with Gasteiger partial charge in [0.15, 0.2) is 0 Å². The van der Waals surface area contributed by atoms with Crippen LogP contribution in [0.2, 0.25) is 0 Å². The molecule has 2 aliphatic rings. The van der Waals surface area contributed by atoms with Crippen LogP contribution in [0.25, 0.3) is 0 Å². The Kier molecular flexibility index (Phi) is 4.96. The van der Waals surface area contributed by atoms with Gasteiger partial charge in [0.05, 0.1) is 12.0 Å². The average molecular weight is 316 g/mol. The van der Waals surface area contributed by atoms with Crippen LogP contribution in [0, 0.1) is 5.92 Å². The van der Waals surface area contributed by atoms with Crippen LogP contribution in [0.15, 0.2) is 30.3 Å². The molecule has 0 aromatic heterocycles. The number of hydrogen-bond acceptors (Lipinski definition) is 3. The normalized spacial score (nSPS) is 25.0. The van der Waals surface area contributed by atoms with E-state index in [0.29, 0.717) is 26.1 Å². The lowest BCUT2D eigenvalue weighted by atomic mass is 10.0. The zero-order chi connectivity index (χ0) is 16.2. The number of ether oxygens (including phenoxy) is 1. The number of amides is 2. The van der Waals surface area contributed by atoms with Crippen molar-refractivity contribution in [1.29, 1.82) is 0 Å². The lowest BCUT2D eigenvalue weighted by Crippen LogP contribution is -2.45. The Morgan fingerprint density at radius 2 is 2.04 bits per heavy atom. The predicted octanol–water partition coefficient (Wildman–Crippen LogP) is 1.67. The maximum atomic E-state index is 12.7. The van der Waals surface area contributed by atoms with E-state index in [4.69, 9.17) is 4.74 Å². The number of benzene rings is 1. The van der Waals surface area contributed by atoms with Crippen LogP contribution in [0.1, 0.15) is 24.8 Å². The number of hydrogen-bond donors (Lipinski definition) is 0. The minimum absolute atomic E-state index is 0.0764. The summed E-state index contributed by atoms with van der Waals surface area (Å²) in [6.07, 6.45) is 2.44. The van der Waals surface area contributed by atoms with E-state index in [9.17, 15) is 9.59 Å². The molecule has 2 amide bonds. The van der Waals surface area contributed by atoms with Crippen molar-refractivity contribution in [1.82, 2.24) is 9.80 Å². The highest BCUT2D eigenvalue weighted by Gasteiger charge is 2.37. The molecule has 5 heteroatoms. The summed E-state index contributed by atoms with van der Waals surface area (Å²) in [4.78, 5) is 28.6. The second-order valence-electron chi connectivity index (χ2n) is 6.45. The lowest BCUT2D eigenvalue weighted by molar-refractivity contribution is -0.139. The van der Waals surface area contributed by atoms with E-state index in [-0.39, 0.29) is 23.8 Å². The summed E-state index contributed by atoms with van der Waals surface area (Å²) in [6, 6.07) is 9.92. The molecule has 0 N–H and O–H groups in total. The molecule has 2 atom stereocenters. The summed E-state index contributed by atoms with van der Waals surface area (Å²) >= 11 is 0. The number of nitrogens with zero attached hydrogens (tertiary/aromatic N) is 2. The van der Waals surface area contributed by atoms with E-state index in [0.717, 1.165) is 24.9 Å².